The molecule has 3 nitrogen and oxygen atoms in total. The zero-order chi connectivity index (χ0) is 7.40. The fraction of sp³-hybridized carbons (Fsp3) is 0.571. The Morgan fingerprint density at radius 3 is 3.00 bits per heavy atom. The SMILES string of the molecule is CCOc1nc[nH]c1CC. The van der Waals surface area contributed by atoms with Crippen LogP contribution in [-0.4, -0.2) is 16.6 Å². The van der Waals surface area contributed by atoms with Crippen LogP contribution in [0.2, 0.25) is 0 Å². The smallest absolute Gasteiger partial charge is 0.234 e. The van der Waals surface area contributed by atoms with E-state index in [1.165, 1.54) is 0 Å². The molecule has 1 rings (SSSR count). The lowest BCUT2D eigenvalue weighted by Crippen LogP contribution is -1.94. The van der Waals surface area contributed by atoms with Gasteiger partial charge in [-0.1, -0.05) is 6.92 Å². The van der Waals surface area contributed by atoms with Crippen molar-refractivity contribution in [3.8, 4) is 5.88 Å². The number of ether oxygens (including phenoxy) is 1. The van der Waals surface area contributed by atoms with Crippen molar-refractivity contribution in [1.29, 1.82) is 0 Å². The first-order valence-electron chi connectivity index (χ1n) is 3.53. The molecule has 0 unspecified atom stereocenters. The summed E-state index contributed by atoms with van der Waals surface area (Å²) in [5.41, 5.74) is 1.07. The average molecular weight is 140 g/mol. The predicted molar refractivity (Wildman–Crippen MR) is 39.1 cm³/mol. The van der Waals surface area contributed by atoms with Crippen molar-refractivity contribution in [1.82, 2.24) is 9.97 Å². The van der Waals surface area contributed by atoms with Crippen molar-refractivity contribution in [3.63, 3.8) is 0 Å². The van der Waals surface area contributed by atoms with Gasteiger partial charge in [0.2, 0.25) is 5.88 Å². The second kappa shape index (κ2) is 3.25. The largest absolute Gasteiger partial charge is 0.477 e. The molecule has 0 saturated carbocycles. The molecule has 3 heteroatoms. The van der Waals surface area contributed by atoms with Gasteiger partial charge in [0.1, 0.15) is 0 Å². The Labute approximate surface area is 60.4 Å². The molecule has 0 amide bonds. The van der Waals surface area contributed by atoms with E-state index < -0.39 is 0 Å². The number of imidazole rings is 1. The van der Waals surface area contributed by atoms with Crippen LogP contribution >= 0.6 is 0 Å². The minimum absolute atomic E-state index is 0.678. The number of rotatable bonds is 3. The van der Waals surface area contributed by atoms with Gasteiger partial charge < -0.3 is 9.72 Å². The van der Waals surface area contributed by atoms with E-state index in [9.17, 15) is 0 Å². The van der Waals surface area contributed by atoms with E-state index in [4.69, 9.17) is 4.74 Å². The maximum atomic E-state index is 5.23. The van der Waals surface area contributed by atoms with Crippen LogP contribution in [0, 0.1) is 0 Å². The number of H-pyrrole nitrogens is 1. The van der Waals surface area contributed by atoms with Crippen LogP contribution in [-0.2, 0) is 6.42 Å². The number of nitrogens with zero attached hydrogens (tertiary/aromatic N) is 1. The van der Waals surface area contributed by atoms with Gasteiger partial charge in [-0.3, -0.25) is 0 Å². The Balaban J connectivity index is 2.70. The molecule has 0 radical (unpaired) electrons. The highest BCUT2D eigenvalue weighted by atomic mass is 16.5. The van der Waals surface area contributed by atoms with Gasteiger partial charge in [-0.05, 0) is 13.3 Å². The molecule has 1 N–H and O–H groups in total. The number of aromatic nitrogens is 2. The van der Waals surface area contributed by atoms with E-state index in [1.807, 2.05) is 6.92 Å². The van der Waals surface area contributed by atoms with Crippen LogP contribution in [0.15, 0.2) is 6.33 Å². The minimum Gasteiger partial charge on any atom is -0.477 e. The van der Waals surface area contributed by atoms with Crippen molar-refractivity contribution in [2.45, 2.75) is 20.3 Å². The number of hydrogen-bond donors (Lipinski definition) is 1. The van der Waals surface area contributed by atoms with Gasteiger partial charge in [-0.15, -0.1) is 0 Å². The molecule has 0 fully saturated rings. The molecule has 0 aromatic carbocycles. The Hall–Kier alpha value is -0.990. The lowest BCUT2D eigenvalue weighted by molar-refractivity contribution is 0.325. The Morgan fingerprint density at radius 2 is 2.40 bits per heavy atom. The molecule has 0 saturated heterocycles. The third kappa shape index (κ3) is 1.29. The topological polar surface area (TPSA) is 37.9 Å². The highest BCUT2D eigenvalue weighted by Crippen LogP contribution is 2.11. The van der Waals surface area contributed by atoms with Crippen LogP contribution in [0.1, 0.15) is 19.5 Å². The highest BCUT2D eigenvalue weighted by Gasteiger charge is 2.01. The van der Waals surface area contributed by atoms with E-state index in [-0.39, 0.29) is 0 Å². The molecule has 0 bridgehead atoms. The monoisotopic (exact) mass is 140 g/mol. The van der Waals surface area contributed by atoms with Gasteiger partial charge in [0, 0.05) is 0 Å². The van der Waals surface area contributed by atoms with Crippen LogP contribution in [0.5, 0.6) is 5.88 Å². The molecule has 0 atom stereocenters. The number of aromatic amines is 1. The Morgan fingerprint density at radius 1 is 1.60 bits per heavy atom. The molecule has 0 aliphatic heterocycles. The zero-order valence-corrected chi connectivity index (χ0v) is 6.35. The summed E-state index contributed by atoms with van der Waals surface area (Å²) < 4.78 is 5.23. The van der Waals surface area contributed by atoms with E-state index in [1.54, 1.807) is 6.33 Å². The standard InChI is InChI=1S/C7H12N2O/c1-3-6-7(10-4-2)9-5-8-6/h5H,3-4H2,1-2H3,(H,8,9). The highest BCUT2D eigenvalue weighted by molar-refractivity contribution is 5.17. The van der Waals surface area contributed by atoms with E-state index in [2.05, 4.69) is 16.9 Å². The number of nitrogens with one attached hydrogen (secondary N) is 1. The second-order valence-electron chi connectivity index (χ2n) is 1.97. The van der Waals surface area contributed by atoms with Crippen LogP contribution in [0.25, 0.3) is 0 Å². The summed E-state index contributed by atoms with van der Waals surface area (Å²) in [5.74, 6) is 0.741. The van der Waals surface area contributed by atoms with E-state index >= 15 is 0 Å². The van der Waals surface area contributed by atoms with Crippen LogP contribution < -0.4 is 4.74 Å². The summed E-state index contributed by atoms with van der Waals surface area (Å²) >= 11 is 0. The maximum Gasteiger partial charge on any atom is 0.234 e. The van der Waals surface area contributed by atoms with Crippen molar-refractivity contribution in [2.24, 2.45) is 0 Å². The van der Waals surface area contributed by atoms with Crippen LogP contribution in [0.3, 0.4) is 0 Å². The van der Waals surface area contributed by atoms with E-state index in [0.717, 1.165) is 18.0 Å². The molecular formula is C7H12N2O. The first-order valence-corrected chi connectivity index (χ1v) is 3.53. The van der Waals surface area contributed by atoms with Crippen molar-refractivity contribution >= 4 is 0 Å². The summed E-state index contributed by atoms with van der Waals surface area (Å²) in [4.78, 5) is 7.00. The second-order valence-corrected chi connectivity index (χ2v) is 1.97. The first-order chi connectivity index (χ1) is 4.88. The van der Waals surface area contributed by atoms with Gasteiger partial charge in [0.15, 0.2) is 0 Å². The summed E-state index contributed by atoms with van der Waals surface area (Å²) in [6.07, 6.45) is 2.60. The fourth-order valence-electron chi connectivity index (χ4n) is 0.823. The lowest BCUT2D eigenvalue weighted by atomic mass is 10.4. The quantitative estimate of drug-likeness (QED) is 0.688. The molecule has 0 aliphatic rings. The molecule has 0 aliphatic carbocycles. The summed E-state index contributed by atoms with van der Waals surface area (Å²) in [6, 6.07) is 0. The Kier molecular flexibility index (Phi) is 2.31. The van der Waals surface area contributed by atoms with Gasteiger partial charge in [0.05, 0.1) is 18.6 Å². The predicted octanol–water partition coefficient (Wildman–Crippen LogP) is 1.37. The van der Waals surface area contributed by atoms with Crippen molar-refractivity contribution in [3.05, 3.63) is 12.0 Å². The third-order valence-electron chi connectivity index (χ3n) is 1.31. The molecule has 56 valence electrons. The van der Waals surface area contributed by atoms with Crippen molar-refractivity contribution in [2.75, 3.05) is 6.61 Å². The molecule has 0 spiro atoms. The summed E-state index contributed by atoms with van der Waals surface area (Å²) in [5, 5.41) is 0. The van der Waals surface area contributed by atoms with Gasteiger partial charge in [-0.25, -0.2) is 4.98 Å². The summed E-state index contributed by atoms with van der Waals surface area (Å²) in [6.45, 7) is 4.70. The lowest BCUT2D eigenvalue weighted by Gasteiger charge is -1.98. The molecule has 10 heavy (non-hydrogen) atoms. The minimum atomic E-state index is 0.678. The van der Waals surface area contributed by atoms with Gasteiger partial charge in [0.25, 0.3) is 0 Å². The van der Waals surface area contributed by atoms with Gasteiger partial charge in [-0.2, -0.15) is 0 Å². The molecular weight excluding hydrogens is 128 g/mol. The van der Waals surface area contributed by atoms with Gasteiger partial charge >= 0.3 is 0 Å². The summed E-state index contributed by atoms with van der Waals surface area (Å²) in [7, 11) is 0. The third-order valence-corrected chi connectivity index (χ3v) is 1.31. The molecule has 1 aromatic rings. The Bertz CT molecular complexity index is 195. The number of hydrogen-bond acceptors (Lipinski definition) is 2. The van der Waals surface area contributed by atoms with Crippen LogP contribution in [0.4, 0.5) is 0 Å². The average Bonchev–Trinajstić information content (AvgIpc) is 2.36. The number of aryl methyl sites for hydroxylation is 1. The zero-order valence-electron chi connectivity index (χ0n) is 6.35. The first kappa shape index (κ1) is 7.12. The van der Waals surface area contributed by atoms with Crippen molar-refractivity contribution < 1.29 is 4.74 Å². The normalized spacial score (nSPS) is 9.80. The maximum absolute atomic E-state index is 5.23. The molecule has 1 heterocycles. The molecule has 1 aromatic heterocycles. The van der Waals surface area contributed by atoms with E-state index in [0.29, 0.717) is 6.61 Å². The fourth-order valence-corrected chi connectivity index (χ4v) is 0.823.